The van der Waals surface area contributed by atoms with Crippen LogP contribution in [-0.2, 0) is 9.59 Å². The minimum Gasteiger partial charge on any atom is -0.352 e. The molecule has 0 aromatic heterocycles. The standard InChI is InChI=1S/C11H20N2O2/c1-4-13(11(15)9-5-6-9)7-10(14)12-8(2)3/h8-9H,4-7H2,1-3H3,(H,12,14). The SMILES string of the molecule is CCN(CC(=O)NC(C)C)C(=O)C1CC1. The summed E-state index contributed by atoms with van der Waals surface area (Å²) in [6.45, 7) is 6.54. The number of hydrogen-bond acceptors (Lipinski definition) is 2. The number of carbonyl (C=O) groups is 2. The van der Waals surface area contributed by atoms with Crippen LogP contribution in [0.3, 0.4) is 0 Å². The maximum atomic E-state index is 11.7. The Bertz CT molecular complexity index is 247. The maximum Gasteiger partial charge on any atom is 0.239 e. The molecule has 86 valence electrons. The van der Waals surface area contributed by atoms with Crippen molar-refractivity contribution in [1.29, 1.82) is 0 Å². The van der Waals surface area contributed by atoms with E-state index in [0.29, 0.717) is 6.54 Å². The van der Waals surface area contributed by atoms with Crippen LogP contribution in [0.15, 0.2) is 0 Å². The molecule has 0 bridgehead atoms. The van der Waals surface area contributed by atoms with Crippen LogP contribution >= 0.6 is 0 Å². The number of carbonyl (C=O) groups excluding carboxylic acids is 2. The average Bonchev–Trinajstić information content (AvgIpc) is 2.94. The summed E-state index contributed by atoms with van der Waals surface area (Å²) in [6.07, 6.45) is 1.97. The summed E-state index contributed by atoms with van der Waals surface area (Å²) in [5, 5.41) is 2.79. The lowest BCUT2D eigenvalue weighted by Gasteiger charge is -2.20. The van der Waals surface area contributed by atoms with Gasteiger partial charge >= 0.3 is 0 Å². The number of amides is 2. The third-order valence-electron chi connectivity index (χ3n) is 2.40. The molecule has 1 N–H and O–H groups in total. The molecule has 0 atom stereocenters. The lowest BCUT2D eigenvalue weighted by Crippen LogP contribution is -2.43. The minimum absolute atomic E-state index is 0.0687. The van der Waals surface area contributed by atoms with Crippen LogP contribution in [0.25, 0.3) is 0 Å². The van der Waals surface area contributed by atoms with Gasteiger partial charge in [-0.25, -0.2) is 0 Å². The number of hydrogen-bond donors (Lipinski definition) is 1. The first-order valence-corrected chi connectivity index (χ1v) is 5.62. The first-order chi connectivity index (χ1) is 7.04. The van der Waals surface area contributed by atoms with Gasteiger partial charge in [-0.05, 0) is 33.6 Å². The molecule has 0 aliphatic heterocycles. The highest BCUT2D eigenvalue weighted by Gasteiger charge is 2.33. The Kier molecular flexibility index (Phi) is 4.12. The largest absolute Gasteiger partial charge is 0.352 e. The minimum atomic E-state index is -0.0687. The van der Waals surface area contributed by atoms with E-state index < -0.39 is 0 Å². The van der Waals surface area contributed by atoms with E-state index in [0.717, 1.165) is 12.8 Å². The van der Waals surface area contributed by atoms with Gasteiger partial charge in [0.1, 0.15) is 0 Å². The summed E-state index contributed by atoms with van der Waals surface area (Å²) >= 11 is 0. The molecule has 1 rings (SSSR count). The Hall–Kier alpha value is -1.06. The summed E-state index contributed by atoms with van der Waals surface area (Å²) in [5.74, 6) is 0.258. The zero-order valence-corrected chi connectivity index (χ0v) is 9.75. The average molecular weight is 212 g/mol. The summed E-state index contributed by atoms with van der Waals surface area (Å²) in [4.78, 5) is 24.8. The molecule has 1 fully saturated rings. The van der Waals surface area contributed by atoms with Gasteiger partial charge in [-0.15, -0.1) is 0 Å². The third-order valence-corrected chi connectivity index (χ3v) is 2.40. The predicted octanol–water partition coefficient (Wildman–Crippen LogP) is 0.769. The van der Waals surface area contributed by atoms with E-state index in [2.05, 4.69) is 5.32 Å². The van der Waals surface area contributed by atoms with E-state index >= 15 is 0 Å². The van der Waals surface area contributed by atoms with Crippen molar-refractivity contribution in [3.05, 3.63) is 0 Å². The highest BCUT2D eigenvalue weighted by molar-refractivity contribution is 5.87. The van der Waals surface area contributed by atoms with Gasteiger partial charge in [-0.3, -0.25) is 9.59 Å². The molecule has 4 nitrogen and oxygen atoms in total. The molecule has 0 aromatic rings. The second-order valence-electron chi connectivity index (χ2n) is 4.35. The zero-order valence-electron chi connectivity index (χ0n) is 9.75. The molecule has 0 radical (unpaired) electrons. The molecule has 15 heavy (non-hydrogen) atoms. The summed E-state index contributed by atoms with van der Waals surface area (Å²) in [5.41, 5.74) is 0. The number of rotatable bonds is 5. The normalized spacial score (nSPS) is 15.2. The summed E-state index contributed by atoms with van der Waals surface area (Å²) in [6, 6.07) is 0.132. The van der Waals surface area contributed by atoms with Gasteiger partial charge in [0.25, 0.3) is 0 Å². The van der Waals surface area contributed by atoms with Gasteiger partial charge in [0.15, 0.2) is 0 Å². The van der Waals surface area contributed by atoms with Crippen molar-refractivity contribution in [3.63, 3.8) is 0 Å². The van der Waals surface area contributed by atoms with Crippen LogP contribution in [0, 0.1) is 5.92 Å². The predicted molar refractivity (Wildman–Crippen MR) is 58.3 cm³/mol. The van der Waals surface area contributed by atoms with E-state index in [1.165, 1.54) is 0 Å². The lowest BCUT2D eigenvalue weighted by atomic mass is 10.3. The Morgan fingerprint density at radius 2 is 2.00 bits per heavy atom. The summed E-state index contributed by atoms with van der Waals surface area (Å²) < 4.78 is 0. The molecule has 1 aliphatic carbocycles. The highest BCUT2D eigenvalue weighted by Crippen LogP contribution is 2.30. The van der Waals surface area contributed by atoms with Crippen LogP contribution in [0.4, 0.5) is 0 Å². The molecular formula is C11H20N2O2. The fraction of sp³-hybridized carbons (Fsp3) is 0.818. The molecule has 0 unspecified atom stereocenters. The molecule has 4 heteroatoms. The van der Waals surface area contributed by atoms with Crippen molar-refractivity contribution in [2.24, 2.45) is 5.92 Å². The Morgan fingerprint density at radius 3 is 2.40 bits per heavy atom. The van der Waals surface area contributed by atoms with Crippen molar-refractivity contribution in [2.75, 3.05) is 13.1 Å². The van der Waals surface area contributed by atoms with E-state index in [4.69, 9.17) is 0 Å². The molecule has 0 saturated heterocycles. The molecule has 1 saturated carbocycles. The maximum absolute atomic E-state index is 11.7. The van der Waals surface area contributed by atoms with Crippen LogP contribution in [0.1, 0.15) is 33.6 Å². The van der Waals surface area contributed by atoms with E-state index in [9.17, 15) is 9.59 Å². The van der Waals surface area contributed by atoms with Crippen molar-refractivity contribution in [1.82, 2.24) is 10.2 Å². The molecule has 2 amide bonds. The monoisotopic (exact) mass is 212 g/mol. The van der Waals surface area contributed by atoms with E-state index in [1.54, 1.807) is 4.90 Å². The molecule has 1 aliphatic rings. The second-order valence-corrected chi connectivity index (χ2v) is 4.35. The molecule has 0 aromatic carbocycles. The summed E-state index contributed by atoms with van der Waals surface area (Å²) in [7, 11) is 0. The van der Waals surface area contributed by atoms with Crippen molar-refractivity contribution in [2.45, 2.75) is 39.7 Å². The quantitative estimate of drug-likeness (QED) is 0.731. The van der Waals surface area contributed by atoms with Crippen LogP contribution in [0.5, 0.6) is 0 Å². The molecule has 0 heterocycles. The Morgan fingerprint density at radius 1 is 1.40 bits per heavy atom. The fourth-order valence-corrected chi connectivity index (χ4v) is 1.48. The van der Waals surface area contributed by atoms with Gasteiger partial charge in [0.05, 0.1) is 6.54 Å². The van der Waals surface area contributed by atoms with Gasteiger partial charge in [0, 0.05) is 18.5 Å². The van der Waals surface area contributed by atoms with Crippen LogP contribution < -0.4 is 5.32 Å². The number of nitrogens with one attached hydrogen (secondary N) is 1. The number of likely N-dealkylation sites (N-methyl/N-ethyl adjacent to an activating group) is 1. The van der Waals surface area contributed by atoms with Crippen LogP contribution in [0.2, 0.25) is 0 Å². The van der Waals surface area contributed by atoms with Crippen molar-refractivity contribution < 1.29 is 9.59 Å². The van der Waals surface area contributed by atoms with Crippen molar-refractivity contribution in [3.8, 4) is 0 Å². The lowest BCUT2D eigenvalue weighted by molar-refractivity contribution is -0.137. The highest BCUT2D eigenvalue weighted by atomic mass is 16.2. The zero-order chi connectivity index (χ0) is 11.4. The molecular weight excluding hydrogens is 192 g/mol. The third kappa shape index (κ3) is 3.90. The van der Waals surface area contributed by atoms with Gasteiger partial charge in [-0.1, -0.05) is 0 Å². The Labute approximate surface area is 91.0 Å². The van der Waals surface area contributed by atoms with Gasteiger partial charge < -0.3 is 10.2 Å². The van der Waals surface area contributed by atoms with Gasteiger partial charge in [0.2, 0.25) is 11.8 Å². The van der Waals surface area contributed by atoms with E-state index in [-0.39, 0.29) is 30.3 Å². The fourth-order valence-electron chi connectivity index (χ4n) is 1.48. The van der Waals surface area contributed by atoms with Crippen molar-refractivity contribution >= 4 is 11.8 Å². The second kappa shape index (κ2) is 5.14. The van der Waals surface area contributed by atoms with E-state index in [1.807, 2.05) is 20.8 Å². The van der Waals surface area contributed by atoms with Gasteiger partial charge in [-0.2, -0.15) is 0 Å². The first-order valence-electron chi connectivity index (χ1n) is 5.62. The topological polar surface area (TPSA) is 49.4 Å². The number of nitrogens with zero attached hydrogens (tertiary/aromatic N) is 1. The van der Waals surface area contributed by atoms with Crippen LogP contribution in [-0.4, -0.2) is 35.8 Å². The Balaban J connectivity index is 2.38. The first kappa shape index (κ1) is 12.0. The smallest absolute Gasteiger partial charge is 0.239 e. The molecule has 0 spiro atoms.